The van der Waals surface area contributed by atoms with Crippen molar-refractivity contribution in [2.45, 2.75) is 64.2 Å². The predicted octanol–water partition coefficient (Wildman–Crippen LogP) is 1.36. The number of carboxylic acid groups (broad SMARTS) is 1. The molecule has 2 heterocycles. The molecule has 0 spiro atoms. The van der Waals surface area contributed by atoms with E-state index in [0.29, 0.717) is 5.56 Å². The van der Waals surface area contributed by atoms with Crippen molar-refractivity contribution in [2.75, 3.05) is 6.61 Å². The van der Waals surface area contributed by atoms with Crippen LogP contribution in [0.3, 0.4) is 0 Å². The Kier molecular flexibility index (Phi) is 10.3. The van der Waals surface area contributed by atoms with Crippen LogP contribution >= 0.6 is 0 Å². The molecule has 16 heteroatoms. The molecule has 2 rings (SSSR count). The topological polar surface area (TPSA) is 202 Å². The number of esters is 1. The van der Waals surface area contributed by atoms with Gasteiger partial charge in [0.2, 0.25) is 0 Å². The molecule has 34 heavy (non-hydrogen) atoms. The van der Waals surface area contributed by atoms with Gasteiger partial charge < -0.3 is 20.3 Å². The summed E-state index contributed by atoms with van der Waals surface area (Å²) in [4.78, 5) is 49.5. The number of carboxylic acids is 1. The molecule has 0 amide bonds. The van der Waals surface area contributed by atoms with Crippen molar-refractivity contribution < 1.29 is 37.3 Å². The first-order valence-electron chi connectivity index (χ1n) is 9.96. The minimum atomic E-state index is -5.08. The molecule has 0 saturated carbocycles. The molecule has 4 N–H and O–H groups in total. The summed E-state index contributed by atoms with van der Waals surface area (Å²) < 4.78 is 44.0. The fraction of sp³-hybridized carbons (Fsp3) is 0.667. The van der Waals surface area contributed by atoms with Crippen LogP contribution in [-0.4, -0.2) is 57.6 Å². The van der Waals surface area contributed by atoms with E-state index in [1.807, 2.05) is 13.8 Å². The molecule has 190 valence electrons. The van der Waals surface area contributed by atoms with E-state index in [1.165, 1.54) is 10.8 Å². The maximum atomic E-state index is 12.1. The first kappa shape index (κ1) is 28.7. The third-order valence-electron chi connectivity index (χ3n) is 5.02. The fourth-order valence-electron chi connectivity index (χ4n) is 2.77. The minimum absolute atomic E-state index is 0.0367. The molecule has 13 nitrogen and oxygen atoms in total. The number of nitrogens with zero attached hydrogens (tertiary/aromatic N) is 4. The first-order chi connectivity index (χ1) is 15.7. The van der Waals surface area contributed by atoms with Gasteiger partial charge in [-0.25, -0.2) is 9.59 Å². The van der Waals surface area contributed by atoms with Gasteiger partial charge in [0.15, 0.2) is 0 Å². The summed E-state index contributed by atoms with van der Waals surface area (Å²) in [5.41, 5.74) is 13.8. The summed E-state index contributed by atoms with van der Waals surface area (Å²) in [6, 6.07) is -1.39. The Hall–Kier alpha value is -3.36. The van der Waals surface area contributed by atoms with Crippen molar-refractivity contribution in [3.05, 3.63) is 43.0 Å². The Bertz CT molecular complexity index is 1030. The molecule has 0 aliphatic carbocycles. The Labute approximate surface area is 190 Å². The molecule has 0 bridgehead atoms. The fourth-order valence-corrected chi connectivity index (χ4v) is 2.77. The quantitative estimate of drug-likeness (QED) is 0.218. The minimum Gasteiger partial charge on any atom is -0.475 e. The van der Waals surface area contributed by atoms with E-state index in [0.717, 1.165) is 6.42 Å². The van der Waals surface area contributed by atoms with Crippen LogP contribution < -0.4 is 17.0 Å². The number of alkyl halides is 3. The molecular weight excluding hydrogens is 469 g/mol. The maximum Gasteiger partial charge on any atom is 0.490 e. The highest BCUT2D eigenvalue weighted by Crippen LogP contribution is 2.30. The number of aryl methyl sites for hydroxylation is 1. The van der Waals surface area contributed by atoms with E-state index in [4.69, 9.17) is 30.6 Å². The van der Waals surface area contributed by atoms with Gasteiger partial charge in [-0.15, -0.1) is 0 Å². The lowest BCUT2D eigenvalue weighted by atomic mass is 10.0. The molecule has 0 radical (unpaired) electrons. The van der Waals surface area contributed by atoms with Crippen molar-refractivity contribution in [1.82, 2.24) is 9.55 Å². The molecule has 1 fully saturated rings. The summed E-state index contributed by atoms with van der Waals surface area (Å²) >= 11 is 0. The summed E-state index contributed by atoms with van der Waals surface area (Å²) in [5, 5.41) is 10.8. The van der Waals surface area contributed by atoms with Crippen molar-refractivity contribution in [3.8, 4) is 0 Å². The number of nitrogens with two attached hydrogens (primary N) is 1. The summed E-state index contributed by atoms with van der Waals surface area (Å²) in [6.07, 6.45) is -4.25. The van der Waals surface area contributed by atoms with Gasteiger partial charge in [0.05, 0.1) is 6.04 Å². The Morgan fingerprint density at radius 3 is 2.56 bits per heavy atom. The van der Waals surface area contributed by atoms with E-state index in [1.54, 1.807) is 6.92 Å². The number of carbonyl (C=O) groups is 2. The van der Waals surface area contributed by atoms with Crippen LogP contribution in [0.4, 0.5) is 13.2 Å². The lowest BCUT2D eigenvalue weighted by molar-refractivity contribution is -0.192. The average molecular weight is 494 g/mol. The van der Waals surface area contributed by atoms with Crippen molar-refractivity contribution in [3.63, 3.8) is 0 Å². The zero-order chi connectivity index (χ0) is 26.2. The summed E-state index contributed by atoms with van der Waals surface area (Å²) in [6.45, 7) is 5.18. The number of ether oxygens (including phenoxy) is 2. The largest absolute Gasteiger partial charge is 0.490 e. The van der Waals surface area contributed by atoms with E-state index in [9.17, 15) is 27.6 Å². The Balaban J connectivity index is 0.000000718. The van der Waals surface area contributed by atoms with Gasteiger partial charge in [0, 0.05) is 23.1 Å². The highest BCUT2D eigenvalue weighted by atomic mass is 19.4. The number of aromatic amines is 1. The predicted molar refractivity (Wildman–Crippen MR) is 110 cm³/mol. The number of azide groups is 1. The lowest BCUT2D eigenvalue weighted by Gasteiger charge is -2.20. The van der Waals surface area contributed by atoms with Crippen LogP contribution in [0.25, 0.3) is 10.4 Å². The van der Waals surface area contributed by atoms with Gasteiger partial charge in [-0.1, -0.05) is 25.4 Å². The van der Waals surface area contributed by atoms with Crippen molar-refractivity contribution >= 4 is 11.9 Å². The van der Waals surface area contributed by atoms with Gasteiger partial charge in [-0.2, -0.15) is 13.2 Å². The number of hydrogen-bond acceptors (Lipinski definition) is 8. The van der Waals surface area contributed by atoms with Gasteiger partial charge in [-0.05, 0) is 18.4 Å². The van der Waals surface area contributed by atoms with Crippen LogP contribution in [-0.2, 0) is 19.1 Å². The smallest absolute Gasteiger partial charge is 0.475 e. The molecule has 0 aromatic carbocycles. The highest BCUT2D eigenvalue weighted by Gasteiger charge is 2.38. The number of nitrogens with one attached hydrogen (secondary N) is 1. The molecule has 1 aromatic heterocycles. The first-order valence-corrected chi connectivity index (χ1v) is 9.96. The number of H-pyrrole nitrogens is 1. The number of aliphatic carboxylic acids is 1. The average Bonchev–Trinajstić information content (AvgIpc) is 3.15. The molecule has 2 unspecified atom stereocenters. The Morgan fingerprint density at radius 2 is 2.06 bits per heavy atom. The van der Waals surface area contributed by atoms with E-state index >= 15 is 0 Å². The van der Waals surface area contributed by atoms with Gasteiger partial charge >= 0.3 is 23.8 Å². The maximum absolute atomic E-state index is 12.1. The molecule has 1 aromatic rings. The second-order valence-electron chi connectivity index (χ2n) is 7.46. The molecule has 5 atom stereocenters. The zero-order valence-electron chi connectivity index (χ0n) is 18.5. The van der Waals surface area contributed by atoms with Crippen LogP contribution in [0.5, 0.6) is 0 Å². The normalized spacial score (nSPS) is 21.4. The van der Waals surface area contributed by atoms with Gasteiger partial charge in [0.25, 0.3) is 5.56 Å². The van der Waals surface area contributed by atoms with Crippen LogP contribution in [0, 0.1) is 12.8 Å². The van der Waals surface area contributed by atoms with Crippen molar-refractivity contribution in [2.24, 2.45) is 16.8 Å². The second-order valence-corrected chi connectivity index (χ2v) is 7.46. The van der Waals surface area contributed by atoms with E-state index < -0.39 is 53.8 Å². The standard InChI is InChI=1S/C16H24N6O5.C2HF3O2/c1-4-8(2)13(17)15(24)26-7-11-10(20-21-18)5-12(27-11)22-6-9(3)14(23)19-16(22)25;3-2(4,5)1(6)7/h6,8,10-13H,4-5,7,17H2,1-3H3,(H,19,23,25);(H,6,7)/t8?,10-,11+,12+,13?;/m0./s1. The lowest BCUT2D eigenvalue weighted by Crippen LogP contribution is -2.40. The molecule has 1 saturated heterocycles. The van der Waals surface area contributed by atoms with Crippen LogP contribution in [0.1, 0.15) is 38.5 Å². The third kappa shape index (κ3) is 7.90. The molecule has 1 aliphatic heterocycles. The van der Waals surface area contributed by atoms with Crippen LogP contribution in [0.15, 0.2) is 20.9 Å². The third-order valence-corrected chi connectivity index (χ3v) is 5.02. The second kappa shape index (κ2) is 12.2. The van der Waals surface area contributed by atoms with Gasteiger partial charge in [-0.3, -0.25) is 19.1 Å². The summed E-state index contributed by atoms with van der Waals surface area (Å²) in [7, 11) is 0. The van der Waals surface area contributed by atoms with Crippen LogP contribution in [0.2, 0.25) is 0 Å². The van der Waals surface area contributed by atoms with Gasteiger partial charge in [0.1, 0.15) is 25.0 Å². The number of rotatable bonds is 7. The highest BCUT2D eigenvalue weighted by molar-refractivity contribution is 5.75. The van der Waals surface area contributed by atoms with E-state index in [2.05, 4.69) is 15.0 Å². The molecule has 1 aliphatic rings. The Morgan fingerprint density at radius 1 is 1.47 bits per heavy atom. The molecular formula is C18H25F3N6O7. The van der Waals surface area contributed by atoms with Crippen molar-refractivity contribution in [1.29, 1.82) is 0 Å². The number of hydrogen-bond donors (Lipinski definition) is 3. The van der Waals surface area contributed by atoms with E-state index in [-0.39, 0.29) is 18.9 Å². The number of carbonyl (C=O) groups excluding carboxylic acids is 1. The number of halogens is 3. The zero-order valence-corrected chi connectivity index (χ0v) is 18.5. The monoisotopic (exact) mass is 494 g/mol. The SMILES string of the molecule is CCC(C)C(N)C(=O)OC[C@H]1O[C@@H](n2cc(C)c(=O)[nH]c2=O)C[C@@H]1N=[N+]=[N-].O=C(O)C(F)(F)F. The summed E-state index contributed by atoms with van der Waals surface area (Å²) in [5.74, 6) is -3.36. The number of aromatic nitrogens is 2.